The van der Waals surface area contributed by atoms with Crippen LogP contribution in [0.25, 0.3) is 0 Å². The zero-order chi connectivity index (χ0) is 14.3. The number of nitrogens with zero attached hydrogens (tertiary/aromatic N) is 1. The van der Waals surface area contributed by atoms with Crippen molar-refractivity contribution >= 4 is 27.5 Å². The number of halogens is 3. The van der Waals surface area contributed by atoms with E-state index in [1.165, 1.54) is 11.0 Å². The Morgan fingerprint density at radius 1 is 1.30 bits per heavy atom. The quantitative estimate of drug-likeness (QED) is 0.785. The molecule has 20 heavy (non-hydrogen) atoms. The van der Waals surface area contributed by atoms with Gasteiger partial charge in [0.05, 0.1) is 5.76 Å². The first-order valence-electron chi connectivity index (χ1n) is 6.23. The summed E-state index contributed by atoms with van der Waals surface area (Å²) in [5, 5.41) is 0. The summed E-state index contributed by atoms with van der Waals surface area (Å²) in [6.45, 7) is 1.61. The Morgan fingerprint density at radius 2 is 1.95 bits per heavy atom. The number of rotatable bonds is 1. The average molecular weight is 342 g/mol. The van der Waals surface area contributed by atoms with Crippen LogP contribution in [0.1, 0.15) is 6.92 Å². The Hall–Kier alpha value is -1.43. The largest absolute Gasteiger partial charge is 0.482 e. The summed E-state index contributed by atoms with van der Waals surface area (Å²) in [5.41, 5.74) is -1.20. The van der Waals surface area contributed by atoms with Crippen molar-refractivity contribution < 1.29 is 18.3 Å². The molecular formula is C14H10BrF2NO2. The summed E-state index contributed by atoms with van der Waals surface area (Å²) < 4.78 is 34.6. The number of piperidine rings is 1. The molecule has 0 bridgehead atoms. The molecule has 0 N–H and O–H groups in total. The Balaban J connectivity index is 1.80. The number of hydrogen-bond acceptors (Lipinski definition) is 2. The van der Waals surface area contributed by atoms with E-state index < -0.39 is 23.5 Å². The van der Waals surface area contributed by atoms with E-state index in [4.69, 9.17) is 4.74 Å². The van der Waals surface area contributed by atoms with Gasteiger partial charge in [-0.15, -0.1) is 0 Å². The highest BCUT2D eigenvalue weighted by atomic mass is 79.9. The van der Waals surface area contributed by atoms with Gasteiger partial charge in [0.2, 0.25) is 11.5 Å². The van der Waals surface area contributed by atoms with Crippen LogP contribution in [-0.2, 0) is 9.53 Å². The van der Waals surface area contributed by atoms with E-state index in [0.717, 1.165) is 4.47 Å². The molecule has 1 spiro atoms. The van der Waals surface area contributed by atoms with Gasteiger partial charge in [-0.1, -0.05) is 15.9 Å². The summed E-state index contributed by atoms with van der Waals surface area (Å²) in [7, 11) is 0. The van der Waals surface area contributed by atoms with Gasteiger partial charge in [0, 0.05) is 10.2 Å². The first-order valence-corrected chi connectivity index (χ1v) is 7.03. The van der Waals surface area contributed by atoms with E-state index in [0.29, 0.717) is 11.4 Å². The fourth-order valence-corrected chi connectivity index (χ4v) is 3.63. The molecular weight excluding hydrogens is 332 g/mol. The number of benzene rings is 1. The molecule has 1 aromatic rings. The number of amides is 1. The number of carbonyl (C=O) groups is 1. The zero-order valence-corrected chi connectivity index (χ0v) is 12.0. The van der Waals surface area contributed by atoms with Gasteiger partial charge in [-0.05, 0) is 37.3 Å². The van der Waals surface area contributed by atoms with E-state index in [1.54, 1.807) is 31.2 Å². The van der Waals surface area contributed by atoms with Gasteiger partial charge < -0.3 is 4.74 Å². The van der Waals surface area contributed by atoms with Crippen LogP contribution >= 0.6 is 15.9 Å². The molecule has 104 valence electrons. The Kier molecular flexibility index (Phi) is 2.11. The van der Waals surface area contributed by atoms with Gasteiger partial charge in [-0.2, -0.15) is 8.78 Å². The highest BCUT2D eigenvalue weighted by Gasteiger charge is 2.95. The zero-order valence-electron chi connectivity index (χ0n) is 10.4. The van der Waals surface area contributed by atoms with Gasteiger partial charge >= 0.3 is 5.92 Å². The lowest BCUT2D eigenvalue weighted by atomic mass is 10.0. The second-order valence-corrected chi connectivity index (χ2v) is 6.28. The van der Waals surface area contributed by atoms with Gasteiger partial charge in [-0.25, -0.2) is 0 Å². The summed E-state index contributed by atoms with van der Waals surface area (Å²) >= 11 is 3.29. The van der Waals surface area contributed by atoms with Gasteiger partial charge in [0.15, 0.2) is 6.04 Å². The Labute approximate surface area is 122 Å². The van der Waals surface area contributed by atoms with Crippen molar-refractivity contribution in [3.63, 3.8) is 0 Å². The molecule has 3 atom stereocenters. The molecule has 3 nitrogen and oxygen atoms in total. The normalized spacial score (nSPS) is 36.3. The molecule has 0 aromatic heterocycles. The minimum absolute atomic E-state index is 0.319. The van der Waals surface area contributed by atoms with Crippen LogP contribution in [0.2, 0.25) is 0 Å². The molecule has 2 heterocycles. The molecule has 0 radical (unpaired) electrons. The molecule has 3 unspecified atom stereocenters. The predicted octanol–water partition coefficient (Wildman–Crippen LogP) is 3.10. The molecule has 1 saturated carbocycles. The van der Waals surface area contributed by atoms with Crippen molar-refractivity contribution in [1.82, 2.24) is 0 Å². The van der Waals surface area contributed by atoms with Crippen molar-refractivity contribution in [3.8, 4) is 0 Å². The molecule has 1 aliphatic carbocycles. The highest BCUT2D eigenvalue weighted by molar-refractivity contribution is 9.10. The molecule has 2 aliphatic heterocycles. The molecule has 1 saturated heterocycles. The lowest BCUT2D eigenvalue weighted by Gasteiger charge is -2.21. The number of anilines is 1. The van der Waals surface area contributed by atoms with Gasteiger partial charge in [-0.3, -0.25) is 9.69 Å². The van der Waals surface area contributed by atoms with E-state index in [1.807, 2.05) is 0 Å². The standard InChI is InChI=1S/C14H10BrF2NO2/c1-7-6-10-11(19)18(9-4-2-8(15)3-5-9)12-13(10,20-7)14(12,16)17/h2-6,10,12H,1H3. The summed E-state index contributed by atoms with van der Waals surface area (Å²) in [6, 6.07) is 5.56. The van der Waals surface area contributed by atoms with E-state index >= 15 is 0 Å². The van der Waals surface area contributed by atoms with Gasteiger partial charge in [0.25, 0.3) is 0 Å². The number of allylic oxidation sites excluding steroid dienone is 1. The van der Waals surface area contributed by atoms with E-state index in [-0.39, 0.29) is 5.91 Å². The number of alkyl halides is 2. The Bertz CT molecular complexity index is 658. The van der Waals surface area contributed by atoms with Crippen LogP contribution in [-0.4, -0.2) is 23.5 Å². The van der Waals surface area contributed by atoms with Gasteiger partial charge in [0.1, 0.15) is 5.92 Å². The van der Waals surface area contributed by atoms with Crippen molar-refractivity contribution in [1.29, 1.82) is 0 Å². The summed E-state index contributed by atoms with van der Waals surface area (Å²) in [4.78, 5) is 13.6. The monoisotopic (exact) mass is 341 g/mol. The van der Waals surface area contributed by atoms with Crippen LogP contribution in [0.5, 0.6) is 0 Å². The van der Waals surface area contributed by atoms with Crippen LogP contribution in [0.15, 0.2) is 40.6 Å². The minimum atomic E-state index is -3.01. The summed E-state index contributed by atoms with van der Waals surface area (Å²) in [5.74, 6) is -3.81. The number of ether oxygens (including phenoxy) is 1. The van der Waals surface area contributed by atoms with E-state index in [9.17, 15) is 13.6 Å². The average Bonchev–Trinajstić information content (AvgIpc) is 2.68. The summed E-state index contributed by atoms with van der Waals surface area (Å²) in [6.07, 6.45) is 1.51. The molecule has 1 aromatic carbocycles. The van der Waals surface area contributed by atoms with Crippen LogP contribution in [0.3, 0.4) is 0 Å². The topological polar surface area (TPSA) is 29.5 Å². The fourth-order valence-electron chi connectivity index (χ4n) is 3.37. The molecule has 1 amide bonds. The van der Waals surface area contributed by atoms with Crippen molar-refractivity contribution in [2.75, 3.05) is 4.90 Å². The first kappa shape index (κ1) is 12.3. The van der Waals surface area contributed by atoms with Crippen LogP contribution < -0.4 is 4.90 Å². The van der Waals surface area contributed by atoms with Crippen LogP contribution in [0.4, 0.5) is 14.5 Å². The highest BCUT2D eigenvalue weighted by Crippen LogP contribution is 2.70. The second-order valence-electron chi connectivity index (χ2n) is 5.36. The molecule has 3 aliphatic rings. The maximum atomic E-state index is 14.2. The number of hydrogen-bond donors (Lipinski definition) is 0. The van der Waals surface area contributed by atoms with Crippen molar-refractivity contribution in [3.05, 3.63) is 40.6 Å². The molecule has 6 heteroatoms. The maximum Gasteiger partial charge on any atom is 0.314 e. The fraction of sp³-hybridized carbons (Fsp3) is 0.357. The third-order valence-corrected chi connectivity index (χ3v) is 4.78. The van der Waals surface area contributed by atoms with Crippen LogP contribution in [0, 0.1) is 5.92 Å². The maximum absolute atomic E-state index is 14.2. The van der Waals surface area contributed by atoms with Crippen molar-refractivity contribution in [2.45, 2.75) is 24.5 Å². The predicted molar refractivity (Wildman–Crippen MR) is 71.4 cm³/mol. The second kappa shape index (κ2) is 3.42. The molecule has 2 fully saturated rings. The lowest BCUT2D eigenvalue weighted by Crippen LogP contribution is -2.38. The lowest BCUT2D eigenvalue weighted by molar-refractivity contribution is -0.126. The number of carbonyl (C=O) groups excluding carboxylic acids is 1. The third kappa shape index (κ3) is 1.17. The molecule has 4 rings (SSSR count). The third-order valence-electron chi connectivity index (χ3n) is 4.25. The smallest absolute Gasteiger partial charge is 0.314 e. The Morgan fingerprint density at radius 3 is 2.55 bits per heavy atom. The SMILES string of the molecule is CC1=CC2C(=O)N(c3ccc(Br)cc3)C3C(F)(F)C23O1. The van der Waals surface area contributed by atoms with E-state index in [2.05, 4.69) is 15.9 Å². The first-order chi connectivity index (χ1) is 9.39. The minimum Gasteiger partial charge on any atom is -0.482 e. The van der Waals surface area contributed by atoms with Crippen molar-refractivity contribution in [2.24, 2.45) is 5.92 Å².